The van der Waals surface area contributed by atoms with Gasteiger partial charge >= 0.3 is 0 Å². The van der Waals surface area contributed by atoms with Crippen LogP contribution < -0.4 is 9.47 Å². The first kappa shape index (κ1) is 25.8. The summed E-state index contributed by atoms with van der Waals surface area (Å²) in [6, 6.07) is 7.69. The third-order valence-corrected chi connectivity index (χ3v) is 6.56. The lowest BCUT2D eigenvalue weighted by Crippen LogP contribution is -2.43. The van der Waals surface area contributed by atoms with Gasteiger partial charge < -0.3 is 28.6 Å². The highest BCUT2D eigenvalue weighted by Crippen LogP contribution is 2.41. The minimum absolute atomic E-state index is 0.00408. The Hall–Kier alpha value is -3.30. The molecule has 2 aliphatic heterocycles. The molecule has 1 aromatic heterocycles. The number of ketones is 1. The van der Waals surface area contributed by atoms with E-state index in [1.54, 1.807) is 25.3 Å². The number of nitrogens with zero attached hydrogens (tertiary/aromatic N) is 2. The van der Waals surface area contributed by atoms with Crippen molar-refractivity contribution in [3.63, 3.8) is 0 Å². The summed E-state index contributed by atoms with van der Waals surface area (Å²) in [6.45, 7) is 6.44. The van der Waals surface area contributed by atoms with Gasteiger partial charge in [0.05, 0.1) is 44.8 Å². The molecule has 1 fully saturated rings. The van der Waals surface area contributed by atoms with Crippen molar-refractivity contribution in [1.29, 1.82) is 0 Å². The van der Waals surface area contributed by atoms with E-state index in [2.05, 4.69) is 11.8 Å². The molecule has 3 heterocycles. The lowest BCUT2D eigenvalue weighted by atomic mass is 9.94. The third-order valence-electron chi connectivity index (χ3n) is 6.56. The third kappa shape index (κ3) is 5.57. The van der Waals surface area contributed by atoms with Crippen LogP contribution in [0.2, 0.25) is 0 Å². The summed E-state index contributed by atoms with van der Waals surface area (Å²) in [5.74, 6) is -0.505. The SMILES string of the molecule is CCCCCOc1ccc(C2C(C(=O)c3ccco3)=C(O)C(=O)N2CCN2CCOCC2)cc1OC. The van der Waals surface area contributed by atoms with Crippen LogP contribution in [0.1, 0.15) is 48.3 Å². The van der Waals surface area contributed by atoms with Gasteiger partial charge in [0.15, 0.2) is 23.0 Å². The number of aliphatic hydroxyl groups excluding tert-OH is 1. The molecule has 0 radical (unpaired) electrons. The molecular formula is C27H34N2O7. The van der Waals surface area contributed by atoms with Gasteiger partial charge in [-0.2, -0.15) is 0 Å². The van der Waals surface area contributed by atoms with Gasteiger partial charge in [-0.05, 0) is 36.2 Å². The Kier molecular flexibility index (Phi) is 8.66. The molecule has 2 aromatic rings. The standard InChI is InChI=1S/C27H34N2O7/c1-3-4-5-14-35-20-9-8-19(18-22(20)33-2)24-23(25(30)21-7-6-15-36-21)26(31)27(32)29(24)11-10-28-12-16-34-17-13-28/h6-9,15,18,24,31H,3-5,10-14,16-17H2,1-2H3. The van der Waals surface area contributed by atoms with E-state index in [1.807, 2.05) is 6.07 Å². The van der Waals surface area contributed by atoms with Gasteiger partial charge in [-0.1, -0.05) is 25.8 Å². The maximum atomic E-state index is 13.4. The largest absolute Gasteiger partial charge is 0.503 e. The molecule has 9 heteroatoms. The fourth-order valence-corrected chi connectivity index (χ4v) is 4.58. The zero-order valence-corrected chi connectivity index (χ0v) is 20.9. The van der Waals surface area contributed by atoms with Crippen LogP contribution in [0.25, 0.3) is 0 Å². The molecule has 4 rings (SSSR count). The summed E-state index contributed by atoms with van der Waals surface area (Å²) in [5, 5.41) is 10.8. The molecule has 1 aromatic carbocycles. The average molecular weight is 499 g/mol. The highest BCUT2D eigenvalue weighted by molar-refractivity contribution is 6.15. The zero-order valence-electron chi connectivity index (χ0n) is 20.9. The number of amides is 1. The van der Waals surface area contributed by atoms with Crippen molar-refractivity contribution in [1.82, 2.24) is 9.80 Å². The Morgan fingerprint density at radius 1 is 1.14 bits per heavy atom. The number of Topliss-reactive ketones (excluding diaryl/α,β-unsaturated/α-hetero) is 1. The molecule has 1 amide bonds. The van der Waals surface area contributed by atoms with Crippen LogP contribution in [0.5, 0.6) is 11.5 Å². The molecular weight excluding hydrogens is 464 g/mol. The number of hydrogen-bond donors (Lipinski definition) is 1. The highest BCUT2D eigenvalue weighted by atomic mass is 16.5. The molecule has 1 unspecified atom stereocenters. The fourth-order valence-electron chi connectivity index (χ4n) is 4.58. The second kappa shape index (κ2) is 12.1. The predicted molar refractivity (Wildman–Crippen MR) is 132 cm³/mol. The molecule has 0 aliphatic carbocycles. The van der Waals surface area contributed by atoms with E-state index in [1.165, 1.54) is 17.2 Å². The van der Waals surface area contributed by atoms with Gasteiger partial charge in [-0.3, -0.25) is 14.5 Å². The number of rotatable bonds is 12. The first-order chi connectivity index (χ1) is 17.5. The topological polar surface area (TPSA) is 102 Å². The first-order valence-corrected chi connectivity index (χ1v) is 12.5. The zero-order chi connectivity index (χ0) is 25.5. The van der Waals surface area contributed by atoms with E-state index in [0.29, 0.717) is 50.0 Å². The minimum Gasteiger partial charge on any atom is -0.503 e. The predicted octanol–water partition coefficient (Wildman–Crippen LogP) is 3.77. The van der Waals surface area contributed by atoms with Gasteiger partial charge in [-0.25, -0.2) is 0 Å². The number of carbonyl (C=O) groups is 2. The number of unbranched alkanes of at least 4 members (excludes halogenated alkanes) is 2. The van der Waals surface area contributed by atoms with Crippen LogP contribution in [-0.4, -0.2) is 79.7 Å². The average Bonchev–Trinajstić information content (AvgIpc) is 3.53. The van der Waals surface area contributed by atoms with Crippen LogP contribution >= 0.6 is 0 Å². The van der Waals surface area contributed by atoms with Crippen molar-refractivity contribution in [3.05, 3.63) is 59.3 Å². The minimum atomic E-state index is -0.792. The number of aliphatic hydroxyl groups is 1. The van der Waals surface area contributed by atoms with E-state index in [9.17, 15) is 14.7 Å². The van der Waals surface area contributed by atoms with Gasteiger partial charge in [0.25, 0.3) is 5.91 Å². The number of methoxy groups -OCH3 is 1. The molecule has 0 bridgehead atoms. The van der Waals surface area contributed by atoms with E-state index in [-0.39, 0.29) is 11.3 Å². The normalized spacial score (nSPS) is 18.7. The maximum absolute atomic E-state index is 13.4. The lowest BCUT2D eigenvalue weighted by Gasteiger charge is -2.31. The number of ether oxygens (including phenoxy) is 3. The van der Waals surface area contributed by atoms with Crippen molar-refractivity contribution >= 4 is 11.7 Å². The quantitative estimate of drug-likeness (QED) is 0.349. The summed E-state index contributed by atoms with van der Waals surface area (Å²) in [5.41, 5.74) is 0.637. The van der Waals surface area contributed by atoms with Gasteiger partial charge in [0, 0.05) is 26.2 Å². The van der Waals surface area contributed by atoms with Gasteiger partial charge in [0.1, 0.15) is 0 Å². The van der Waals surface area contributed by atoms with Crippen LogP contribution in [0.3, 0.4) is 0 Å². The van der Waals surface area contributed by atoms with Crippen molar-refractivity contribution in [2.45, 2.75) is 32.2 Å². The van der Waals surface area contributed by atoms with Crippen molar-refractivity contribution < 1.29 is 33.3 Å². The summed E-state index contributed by atoms with van der Waals surface area (Å²) in [4.78, 5) is 30.3. The fraction of sp³-hybridized carbons (Fsp3) is 0.481. The van der Waals surface area contributed by atoms with E-state index in [0.717, 1.165) is 32.4 Å². The Morgan fingerprint density at radius 2 is 1.94 bits per heavy atom. The molecule has 1 saturated heterocycles. The van der Waals surface area contributed by atoms with Gasteiger partial charge in [0.2, 0.25) is 5.78 Å². The smallest absolute Gasteiger partial charge is 0.290 e. The first-order valence-electron chi connectivity index (χ1n) is 12.5. The number of benzene rings is 1. The number of morpholine rings is 1. The van der Waals surface area contributed by atoms with E-state index < -0.39 is 23.5 Å². The van der Waals surface area contributed by atoms with Crippen LogP contribution in [0, 0.1) is 0 Å². The highest BCUT2D eigenvalue weighted by Gasteiger charge is 2.44. The molecule has 9 nitrogen and oxygen atoms in total. The monoisotopic (exact) mass is 498 g/mol. The van der Waals surface area contributed by atoms with E-state index in [4.69, 9.17) is 18.6 Å². The van der Waals surface area contributed by atoms with Crippen molar-refractivity contribution in [2.75, 3.05) is 53.1 Å². The summed E-state index contributed by atoms with van der Waals surface area (Å²) in [6.07, 6.45) is 4.50. The number of hydrogen-bond acceptors (Lipinski definition) is 8. The van der Waals surface area contributed by atoms with Gasteiger partial charge in [-0.15, -0.1) is 0 Å². The molecule has 1 atom stereocenters. The van der Waals surface area contributed by atoms with Crippen LogP contribution in [0.15, 0.2) is 52.3 Å². The number of furan rings is 1. The number of carbonyl (C=O) groups excluding carboxylic acids is 2. The Bertz CT molecular complexity index is 1070. The molecule has 2 aliphatic rings. The summed E-state index contributed by atoms with van der Waals surface area (Å²) >= 11 is 0. The van der Waals surface area contributed by atoms with E-state index >= 15 is 0 Å². The Morgan fingerprint density at radius 3 is 2.64 bits per heavy atom. The molecule has 1 N–H and O–H groups in total. The van der Waals surface area contributed by atoms with Crippen molar-refractivity contribution in [3.8, 4) is 11.5 Å². The summed E-state index contributed by atoms with van der Waals surface area (Å²) in [7, 11) is 1.55. The van der Waals surface area contributed by atoms with Crippen LogP contribution in [0.4, 0.5) is 0 Å². The molecule has 36 heavy (non-hydrogen) atoms. The summed E-state index contributed by atoms with van der Waals surface area (Å²) < 4.78 is 22.2. The molecule has 0 spiro atoms. The second-order valence-electron chi connectivity index (χ2n) is 8.89. The second-order valence-corrected chi connectivity index (χ2v) is 8.89. The Balaban J connectivity index is 1.64. The lowest BCUT2D eigenvalue weighted by molar-refractivity contribution is -0.129. The maximum Gasteiger partial charge on any atom is 0.290 e. The molecule has 194 valence electrons. The molecule has 0 saturated carbocycles. The van der Waals surface area contributed by atoms with Crippen molar-refractivity contribution in [2.24, 2.45) is 0 Å². The van der Waals surface area contributed by atoms with Crippen LogP contribution in [-0.2, 0) is 9.53 Å². The Labute approximate surface area is 211 Å².